The molecule has 1 aliphatic heterocycles. The first kappa shape index (κ1) is 13.4. The number of hydrogen-bond acceptors (Lipinski definition) is 2. The van der Waals surface area contributed by atoms with Gasteiger partial charge in [-0.25, -0.2) is 0 Å². The predicted molar refractivity (Wildman–Crippen MR) is 74.2 cm³/mol. The molecular weight excluding hydrogens is 208 g/mol. The van der Waals surface area contributed by atoms with E-state index in [2.05, 4.69) is 31.0 Å². The van der Waals surface area contributed by atoms with Crippen molar-refractivity contribution in [1.82, 2.24) is 10.2 Å². The molecule has 2 rings (SSSR count). The van der Waals surface area contributed by atoms with Gasteiger partial charge in [0.05, 0.1) is 0 Å². The second-order valence-corrected chi connectivity index (χ2v) is 6.27. The van der Waals surface area contributed by atoms with Gasteiger partial charge in [-0.3, -0.25) is 4.90 Å². The van der Waals surface area contributed by atoms with Gasteiger partial charge in [0.15, 0.2) is 0 Å². The lowest BCUT2D eigenvalue weighted by Crippen LogP contribution is -2.57. The molecule has 0 spiro atoms. The summed E-state index contributed by atoms with van der Waals surface area (Å²) in [6, 6.07) is 1.58. The van der Waals surface area contributed by atoms with E-state index >= 15 is 0 Å². The Balaban J connectivity index is 1.88. The summed E-state index contributed by atoms with van der Waals surface area (Å²) in [6.45, 7) is 10.9. The summed E-state index contributed by atoms with van der Waals surface area (Å²) >= 11 is 0. The minimum atomic E-state index is 0.735. The lowest BCUT2D eigenvalue weighted by Gasteiger charge is -2.41. The molecule has 0 aromatic carbocycles. The summed E-state index contributed by atoms with van der Waals surface area (Å²) in [5, 5.41) is 3.73. The maximum Gasteiger partial charge on any atom is 0.0249 e. The molecule has 0 aromatic heterocycles. The molecule has 100 valence electrons. The SMILES string of the molecule is CCCC(C)CN1CC(CC)NCC1C1CC1. The summed E-state index contributed by atoms with van der Waals surface area (Å²) < 4.78 is 0. The van der Waals surface area contributed by atoms with Gasteiger partial charge in [0.25, 0.3) is 0 Å². The molecule has 17 heavy (non-hydrogen) atoms. The average molecular weight is 238 g/mol. The number of nitrogens with zero attached hydrogens (tertiary/aromatic N) is 1. The van der Waals surface area contributed by atoms with Crippen LogP contribution in [0.5, 0.6) is 0 Å². The Labute approximate surface area is 107 Å². The van der Waals surface area contributed by atoms with Crippen LogP contribution in [0.3, 0.4) is 0 Å². The number of hydrogen-bond donors (Lipinski definition) is 1. The highest BCUT2D eigenvalue weighted by Crippen LogP contribution is 2.36. The summed E-state index contributed by atoms with van der Waals surface area (Å²) in [5.74, 6) is 1.88. The van der Waals surface area contributed by atoms with Gasteiger partial charge in [-0.1, -0.05) is 27.2 Å². The monoisotopic (exact) mass is 238 g/mol. The van der Waals surface area contributed by atoms with Crippen LogP contribution in [-0.4, -0.2) is 36.6 Å². The van der Waals surface area contributed by atoms with Crippen molar-refractivity contribution in [1.29, 1.82) is 0 Å². The maximum atomic E-state index is 3.73. The molecule has 2 nitrogen and oxygen atoms in total. The Morgan fingerprint density at radius 2 is 2.06 bits per heavy atom. The number of rotatable bonds is 6. The Bertz CT molecular complexity index is 225. The van der Waals surface area contributed by atoms with Gasteiger partial charge < -0.3 is 5.32 Å². The number of nitrogens with one attached hydrogen (secondary N) is 1. The van der Waals surface area contributed by atoms with Gasteiger partial charge >= 0.3 is 0 Å². The fourth-order valence-electron chi connectivity index (χ4n) is 3.31. The van der Waals surface area contributed by atoms with Crippen LogP contribution in [0.2, 0.25) is 0 Å². The second kappa shape index (κ2) is 6.19. The highest BCUT2D eigenvalue weighted by atomic mass is 15.2. The van der Waals surface area contributed by atoms with Crippen LogP contribution in [0, 0.1) is 11.8 Å². The number of piperazine rings is 1. The van der Waals surface area contributed by atoms with E-state index < -0.39 is 0 Å². The molecule has 3 unspecified atom stereocenters. The Morgan fingerprint density at radius 3 is 2.65 bits per heavy atom. The van der Waals surface area contributed by atoms with E-state index in [0.717, 1.165) is 23.9 Å². The lowest BCUT2D eigenvalue weighted by molar-refractivity contribution is 0.0958. The van der Waals surface area contributed by atoms with Crippen molar-refractivity contribution in [2.24, 2.45) is 11.8 Å². The fraction of sp³-hybridized carbons (Fsp3) is 1.00. The summed E-state index contributed by atoms with van der Waals surface area (Å²) in [5.41, 5.74) is 0. The maximum absolute atomic E-state index is 3.73. The highest BCUT2D eigenvalue weighted by molar-refractivity contribution is 4.95. The van der Waals surface area contributed by atoms with Crippen molar-refractivity contribution in [3.8, 4) is 0 Å². The van der Waals surface area contributed by atoms with Crippen LogP contribution in [0.25, 0.3) is 0 Å². The molecule has 3 atom stereocenters. The van der Waals surface area contributed by atoms with Crippen LogP contribution in [-0.2, 0) is 0 Å². The Hall–Kier alpha value is -0.0800. The first-order chi connectivity index (χ1) is 8.24. The average Bonchev–Trinajstić information content (AvgIpc) is 3.13. The Kier molecular flexibility index (Phi) is 4.87. The standard InChI is InChI=1S/C15H30N2/c1-4-6-12(3)10-17-11-14(5-2)16-9-15(17)13-7-8-13/h12-16H,4-11H2,1-3H3. The largest absolute Gasteiger partial charge is 0.311 e. The molecule has 0 radical (unpaired) electrons. The van der Waals surface area contributed by atoms with E-state index in [-0.39, 0.29) is 0 Å². The molecule has 0 amide bonds. The van der Waals surface area contributed by atoms with Crippen molar-refractivity contribution in [3.05, 3.63) is 0 Å². The summed E-state index contributed by atoms with van der Waals surface area (Å²) in [7, 11) is 0. The van der Waals surface area contributed by atoms with Crippen LogP contribution < -0.4 is 5.32 Å². The van der Waals surface area contributed by atoms with Crippen molar-refractivity contribution in [2.45, 2.75) is 65.0 Å². The second-order valence-electron chi connectivity index (χ2n) is 6.27. The molecular formula is C15H30N2. The van der Waals surface area contributed by atoms with E-state index in [0.29, 0.717) is 0 Å². The molecule has 1 N–H and O–H groups in total. The van der Waals surface area contributed by atoms with Gasteiger partial charge in [0, 0.05) is 31.7 Å². The van der Waals surface area contributed by atoms with Gasteiger partial charge in [0.1, 0.15) is 0 Å². The van der Waals surface area contributed by atoms with Crippen molar-refractivity contribution in [3.63, 3.8) is 0 Å². The molecule has 2 heteroatoms. The third-order valence-electron chi connectivity index (χ3n) is 4.53. The predicted octanol–water partition coefficient (Wildman–Crippen LogP) is 2.89. The molecule has 2 aliphatic rings. The van der Waals surface area contributed by atoms with E-state index in [1.165, 1.54) is 51.7 Å². The molecule has 2 fully saturated rings. The minimum absolute atomic E-state index is 0.735. The fourth-order valence-corrected chi connectivity index (χ4v) is 3.31. The first-order valence-corrected chi connectivity index (χ1v) is 7.72. The lowest BCUT2D eigenvalue weighted by atomic mass is 9.99. The van der Waals surface area contributed by atoms with Gasteiger partial charge in [-0.2, -0.15) is 0 Å². The van der Waals surface area contributed by atoms with Crippen LogP contribution in [0.15, 0.2) is 0 Å². The van der Waals surface area contributed by atoms with E-state index in [1.807, 2.05) is 0 Å². The zero-order valence-electron chi connectivity index (χ0n) is 11.9. The zero-order chi connectivity index (χ0) is 12.3. The van der Waals surface area contributed by atoms with Crippen molar-refractivity contribution >= 4 is 0 Å². The minimum Gasteiger partial charge on any atom is -0.311 e. The highest BCUT2D eigenvalue weighted by Gasteiger charge is 2.38. The van der Waals surface area contributed by atoms with Crippen molar-refractivity contribution in [2.75, 3.05) is 19.6 Å². The summed E-state index contributed by atoms with van der Waals surface area (Å²) in [4.78, 5) is 2.81. The van der Waals surface area contributed by atoms with Gasteiger partial charge in [-0.15, -0.1) is 0 Å². The quantitative estimate of drug-likeness (QED) is 0.765. The molecule has 1 saturated carbocycles. The Morgan fingerprint density at radius 1 is 1.29 bits per heavy atom. The first-order valence-electron chi connectivity index (χ1n) is 7.72. The topological polar surface area (TPSA) is 15.3 Å². The third kappa shape index (κ3) is 3.69. The van der Waals surface area contributed by atoms with Crippen LogP contribution >= 0.6 is 0 Å². The molecule has 0 bridgehead atoms. The third-order valence-corrected chi connectivity index (χ3v) is 4.53. The van der Waals surface area contributed by atoms with E-state index in [1.54, 1.807) is 0 Å². The van der Waals surface area contributed by atoms with E-state index in [4.69, 9.17) is 0 Å². The van der Waals surface area contributed by atoms with Crippen LogP contribution in [0.1, 0.15) is 52.9 Å². The van der Waals surface area contributed by atoms with Crippen LogP contribution in [0.4, 0.5) is 0 Å². The molecule has 1 saturated heterocycles. The molecule has 0 aromatic rings. The van der Waals surface area contributed by atoms with Gasteiger partial charge in [-0.05, 0) is 37.5 Å². The van der Waals surface area contributed by atoms with Gasteiger partial charge in [0.2, 0.25) is 0 Å². The smallest absolute Gasteiger partial charge is 0.0249 e. The summed E-state index contributed by atoms with van der Waals surface area (Å²) in [6.07, 6.45) is 6.94. The van der Waals surface area contributed by atoms with Crippen molar-refractivity contribution < 1.29 is 0 Å². The normalized spacial score (nSPS) is 32.6. The molecule has 1 aliphatic carbocycles. The van der Waals surface area contributed by atoms with E-state index in [9.17, 15) is 0 Å². The molecule has 1 heterocycles. The zero-order valence-corrected chi connectivity index (χ0v) is 11.9.